The highest BCUT2D eigenvalue weighted by Gasteiger charge is 2.10. The molecule has 0 spiro atoms. The molecule has 0 radical (unpaired) electrons. The molecule has 2 aromatic heterocycles. The van der Waals surface area contributed by atoms with Gasteiger partial charge in [0.15, 0.2) is 0 Å². The summed E-state index contributed by atoms with van der Waals surface area (Å²) in [6.45, 7) is 1.93. The number of hydrogen-bond donors (Lipinski definition) is 0. The number of aryl methyl sites for hydroxylation is 1. The first-order chi connectivity index (χ1) is 10.1. The van der Waals surface area contributed by atoms with Gasteiger partial charge in [0.1, 0.15) is 12.1 Å². The van der Waals surface area contributed by atoms with Gasteiger partial charge in [-0.15, -0.1) is 0 Å². The maximum atomic E-state index is 5.92. The average molecular weight is 367 g/mol. The molecule has 21 heavy (non-hydrogen) atoms. The van der Waals surface area contributed by atoms with Crippen LogP contribution < -0.4 is 4.74 Å². The van der Waals surface area contributed by atoms with Crippen molar-refractivity contribution in [1.82, 2.24) is 24.5 Å². The predicted octanol–water partition coefficient (Wildman–Crippen LogP) is 3.57. The lowest BCUT2D eigenvalue weighted by atomic mass is 10.2. The van der Waals surface area contributed by atoms with E-state index in [2.05, 4.69) is 35.9 Å². The van der Waals surface area contributed by atoms with Crippen LogP contribution in [0, 0.1) is 6.92 Å². The van der Waals surface area contributed by atoms with E-state index in [1.54, 1.807) is 23.3 Å². The molecular weight excluding hydrogens is 358 g/mol. The van der Waals surface area contributed by atoms with Crippen molar-refractivity contribution in [1.29, 1.82) is 0 Å². The molecule has 0 atom stereocenters. The van der Waals surface area contributed by atoms with Gasteiger partial charge in [0.25, 0.3) is 0 Å². The van der Waals surface area contributed by atoms with E-state index in [1.165, 1.54) is 0 Å². The standard InChI is InChI=1S/C13H9BrClN5O/c1-8-2-3-9(14)6-10(8)21-13-18-11(15)17-12(19-13)20-5-4-16-7-20/h2-7H,1H3. The summed E-state index contributed by atoms with van der Waals surface area (Å²) in [4.78, 5) is 16.2. The number of benzene rings is 1. The van der Waals surface area contributed by atoms with Crippen molar-refractivity contribution in [2.24, 2.45) is 0 Å². The maximum absolute atomic E-state index is 5.92. The van der Waals surface area contributed by atoms with E-state index in [0.717, 1.165) is 10.0 Å². The summed E-state index contributed by atoms with van der Waals surface area (Å²) in [6, 6.07) is 5.82. The molecule has 0 aliphatic rings. The van der Waals surface area contributed by atoms with Crippen molar-refractivity contribution < 1.29 is 4.74 Å². The fourth-order valence-electron chi connectivity index (χ4n) is 1.64. The molecule has 0 amide bonds. The summed E-state index contributed by atoms with van der Waals surface area (Å²) >= 11 is 9.32. The summed E-state index contributed by atoms with van der Waals surface area (Å²) in [7, 11) is 0. The summed E-state index contributed by atoms with van der Waals surface area (Å²) in [6.07, 6.45) is 4.90. The van der Waals surface area contributed by atoms with Gasteiger partial charge in [-0.2, -0.15) is 15.0 Å². The zero-order chi connectivity index (χ0) is 14.8. The lowest BCUT2D eigenvalue weighted by Crippen LogP contribution is -2.03. The Morgan fingerprint density at radius 1 is 1.24 bits per heavy atom. The molecule has 3 rings (SSSR count). The molecule has 0 aliphatic carbocycles. The Balaban J connectivity index is 1.97. The van der Waals surface area contributed by atoms with Crippen molar-refractivity contribution in [2.45, 2.75) is 6.92 Å². The molecule has 1 aromatic carbocycles. The minimum absolute atomic E-state index is 0.0522. The van der Waals surface area contributed by atoms with E-state index < -0.39 is 0 Å². The van der Waals surface area contributed by atoms with Crippen molar-refractivity contribution in [3.63, 3.8) is 0 Å². The largest absolute Gasteiger partial charge is 0.424 e. The molecule has 0 N–H and O–H groups in total. The second-order valence-electron chi connectivity index (χ2n) is 4.17. The normalized spacial score (nSPS) is 10.6. The third kappa shape index (κ3) is 3.20. The third-order valence-electron chi connectivity index (χ3n) is 2.66. The zero-order valence-corrected chi connectivity index (χ0v) is 13.2. The first-order valence-corrected chi connectivity index (χ1v) is 7.13. The molecule has 6 nitrogen and oxygen atoms in total. The average Bonchev–Trinajstić information content (AvgIpc) is 2.96. The summed E-state index contributed by atoms with van der Waals surface area (Å²) in [5, 5.41) is 0.0522. The van der Waals surface area contributed by atoms with Crippen LogP contribution in [0.25, 0.3) is 5.95 Å². The first-order valence-electron chi connectivity index (χ1n) is 5.96. The van der Waals surface area contributed by atoms with Gasteiger partial charge in [0.2, 0.25) is 11.2 Å². The maximum Gasteiger partial charge on any atom is 0.328 e. The molecule has 0 unspecified atom stereocenters. The van der Waals surface area contributed by atoms with E-state index in [0.29, 0.717) is 11.7 Å². The molecule has 0 fully saturated rings. The minimum Gasteiger partial charge on any atom is -0.424 e. The Bertz CT molecular complexity index is 778. The van der Waals surface area contributed by atoms with Crippen LogP contribution in [0.1, 0.15) is 5.56 Å². The molecule has 0 aliphatic heterocycles. The van der Waals surface area contributed by atoms with Gasteiger partial charge >= 0.3 is 6.01 Å². The number of hydrogen-bond acceptors (Lipinski definition) is 5. The third-order valence-corrected chi connectivity index (χ3v) is 3.32. The monoisotopic (exact) mass is 365 g/mol. The quantitative estimate of drug-likeness (QED) is 0.709. The Morgan fingerprint density at radius 2 is 2.10 bits per heavy atom. The van der Waals surface area contributed by atoms with E-state index in [1.807, 2.05) is 25.1 Å². The van der Waals surface area contributed by atoms with Crippen LogP contribution in [0.5, 0.6) is 11.8 Å². The summed E-state index contributed by atoms with van der Waals surface area (Å²) in [5.41, 5.74) is 0.957. The predicted molar refractivity (Wildman–Crippen MR) is 80.9 cm³/mol. The van der Waals surface area contributed by atoms with E-state index >= 15 is 0 Å². The number of rotatable bonds is 3. The van der Waals surface area contributed by atoms with Gasteiger partial charge in [-0.05, 0) is 36.2 Å². The summed E-state index contributed by atoms with van der Waals surface area (Å²) < 4.78 is 8.22. The molecule has 0 saturated carbocycles. The molecule has 2 heterocycles. The molecular formula is C13H9BrClN5O. The van der Waals surface area contributed by atoms with Crippen molar-refractivity contribution in [3.05, 3.63) is 52.2 Å². The van der Waals surface area contributed by atoms with Gasteiger partial charge < -0.3 is 4.74 Å². The Hall–Kier alpha value is -1.99. The van der Waals surface area contributed by atoms with Crippen molar-refractivity contribution >= 4 is 27.5 Å². The Labute approximate surface area is 133 Å². The number of ether oxygens (including phenoxy) is 1. The van der Waals surface area contributed by atoms with Crippen molar-refractivity contribution in [3.8, 4) is 17.7 Å². The highest BCUT2D eigenvalue weighted by Crippen LogP contribution is 2.27. The first kappa shape index (κ1) is 14.0. The number of aromatic nitrogens is 5. The Morgan fingerprint density at radius 3 is 2.86 bits per heavy atom. The molecule has 0 bridgehead atoms. The van der Waals surface area contributed by atoms with E-state index in [4.69, 9.17) is 16.3 Å². The van der Waals surface area contributed by atoms with Crippen LogP contribution in [-0.2, 0) is 0 Å². The number of halogens is 2. The van der Waals surface area contributed by atoms with Gasteiger partial charge in [0.05, 0.1) is 0 Å². The zero-order valence-electron chi connectivity index (χ0n) is 10.9. The SMILES string of the molecule is Cc1ccc(Br)cc1Oc1nc(Cl)nc(-n2ccnc2)n1. The Kier molecular flexibility index (Phi) is 3.85. The minimum atomic E-state index is 0.0522. The van der Waals surface area contributed by atoms with Crippen LogP contribution >= 0.6 is 27.5 Å². The van der Waals surface area contributed by atoms with E-state index in [9.17, 15) is 0 Å². The lowest BCUT2D eigenvalue weighted by molar-refractivity contribution is 0.435. The van der Waals surface area contributed by atoms with Crippen LogP contribution in [0.4, 0.5) is 0 Å². The van der Waals surface area contributed by atoms with Gasteiger partial charge in [-0.3, -0.25) is 4.57 Å². The molecule has 106 valence electrons. The van der Waals surface area contributed by atoms with Gasteiger partial charge in [-0.25, -0.2) is 4.98 Å². The van der Waals surface area contributed by atoms with Crippen LogP contribution in [0.2, 0.25) is 5.28 Å². The fraction of sp³-hybridized carbons (Fsp3) is 0.0769. The fourth-order valence-corrected chi connectivity index (χ4v) is 2.13. The van der Waals surface area contributed by atoms with Gasteiger partial charge in [-0.1, -0.05) is 22.0 Å². The van der Waals surface area contributed by atoms with Crippen LogP contribution in [0.3, 0.4) is 0 Å². The number of imidazole rings is 1. The highest BCUT2D eigenvalue weighted by molar-refractivity contribution is 9.10. The van der Waals surface area contributed by atoms with Crippen molar-refractivity contribution in [2.75, 3.05) is 0 Å². The van der Waals surface area contributed by atoms with Crippen LogP contribution in [-0.4, -0.2) is 24.5 Å². The van der Waals surface area contributed by atoms with Crippen LogP contribution in [0.15, 0.2) is 41.4 Å². The highest BCUT2D eigenvalue weighted by atomic mass is 79.9. The number of nitrogens with zero attached hydrogens (tertiary/aromatic N) is 5. The lowest BCUT2D eigenvalue weighted by Gasteiger charge is -2.08. The van der Waals surface area contributed by atoms with E-state index in [-0.39, 0.29) is 11.3 Å². The smallest absolute Gasteiger partial charge is 0.328 e. The topological polar surface area (TPSA) is 65.7 Å². The molecule has 8 heteroatoms. The summed E-state index contributed by atoms with van der Waals surface area (Å²) in [5.74, 6) is 0.985. The van der Waals surface area contributed by atoms with Gasteiger partial charge in [0, 0.05) is 16.9 Å². The second-order valence-corrected chi connectivity index (χ2v) is 5.42. The second kappa shape index (κ2) is 5.79. The molecule has 0 saturated heterocycles. The molecule has 3 aromatic rings.